The van der Waals surface area contributed by atoms with E-state index in [2.05, 4.69) is 30.1 Å². The van der Waals surface area contributed by atoms with Gasteiger partial charge in [0.25, 0.3) is 0 Å². The van der Waals surface area contributed by atoms with Gasteiger partial charge in [0.15, 0.2) is 0 Å². The standard InChI is InChI=1S/C29H27NO5S/c1-2-7-23-25(15-14-22-24(18-35-26(22)23)19-8-4-3-5-9-19)34-17-6-16-33-21-12-10-20(11-13-21)27-28(31)30-29(32)36-27/h3-5,8-15,18,31H,2,6-7,16-17H2,1H3,(H,30,32). The Hall–Kier alpha value is -3.97. The summed E-state index contributed by atoms with van der Waals surface area (Å²) in [5.74, 6) is 1.47. The van der Waals surface area contributed by atoms with E-state index in [1.807, 2.05) is 54.8 Å². The molecule has 2 heterocycles. The molecule has 0 bridgehead atoms. The largest absolute Gasteiger partial charge is 0.493 e. The van der Waals surface area contributed by atoms with Crippen molar-refractivity contribution in [2.24, 2.45) is 0 Å². The third kappa shape index (κ3) is 5.02. The number of thiazole rings is 1. The summed E-state index contributed by atoms with van der Waals surface area (Å²) >= 11 is 0.976. The average molecular weight is 502 g/mol. The van der Waals surface area contributed by atoms with Crippen LogP contribution in [-0.2, 0) is 6.42 Å². The summed E-state index contributed by atoms with van der Waals surface area (Å²) in [5.41, 5.74) is 4.98. The molecule has 0 amide bonds. The minimum absolute atomic E-state index is 0.109. The number of aromatic amines is 1. The van der Waals surface area contributed by atoms with E-state index >= 15 is 0 Å². The summed E-state index contributed by atoms with van der Waals surface area (Å²) in [6, 6.07) is 21.7. The number of benzene rings is 3. The van der Waals surface area contributed by atoms with E-state index in [4.69, 9.17) is 13.9 Å². The highest BCUT2D eigenvalue weighted by Gasteiger charge is 2.16. The van der Waals surface area contributed by atoms with Crippen molar-refractivity contribution in [2.75, 3.05) is 13.2 Å². The third-order valence-electron chi connectivity index (χ3n) is 5.95. The molecule has 0 atom stereocenters. The fourth-order valence-electron chi connectivity index (χ4n) is 4.25. The zero-order chi connectivity index (χ0) is 24.9. The molecule has 2 N–H and O–H groups in total. The van der Waals surface area contributed by atoms with Crippen LogP contribution in [0.1, 0.15) is 25.3 Å². The van der Waals surface area contributed by atoms with Gasteiger partial charge in [-0.1, -0.05) is 55.0 Å². The Bertz CT molecular complexity index is 1500. The molecule has 0 aliphatic rings. The lowest BCUT2D eigenvalue weighted by molar-refractivity contribution is 0.246. The highest BCUT2D eigenvalue weighted by molar-refractivity contribution is 7.13. The first-order chi connectivity index (χ1) is 17.6. The van der Waals surface area contributed by atoms with E-state index in [-0.39, 0.29) is 10.8 Å². The highest BCUT2D eigenvalue weighted by Crippen LogP contribution is 2.37. The third-order valence-corrected chi connectivity index (χ3v) is 6.87. The van der Waals surface area contributed by atoms with Crippen LogP contribution in [0.5, 0.6) is 17.4 Å². The second kappa shape index (κ2) is 10.7. The molecule has 0 fully saturated rings. The van der Waals surface area contributed by atoms with Gasteiger partial charge in [-0.3, -0.25) is 9.78 Å². The molecule has 2 aromatic heterocycles. The number of ether oxygens (including phenoxy) is 2. The quantitative estimate of drug-likeness (QED) is 0.201. The number of nitrogens with one attached hydrogen (secondary N) is 1. The normalized spacial score (nSPS) is 11.1. The summed E-state index contributed by atoms with van der Waals surface area (Å²) in [6.45, 7) is 3.19. The number of furan rings is 1. The summed E-state index contributed by atoms with van der Waals surface area (Å²) < 4.78 is 18.0. The van der Waals surface area contributed by atoms with Crippen LogP contribution in [0.4, 0.5) is 0 Å². The second-order valence-electron chi connectivity index (χ2n) is 8.45. The maximum atomic E-state index is 11.4. The number of hydrogen-bond donors (Lipinski definition) is 2. The van der Waals surface area contributed by atoms with Crippen LogP contribution in [-0.4, -0.2) is 23.3 Å². The molecule has 0 saturated carbocycles. The van der Waals surface area contributed by atoms with E-state index < -0.39 is 0 Å². The molecule has 3 aromatic carbocycles. The molecular formula is C29H27NO5S. The minimum Gasteiger partial charge on any atom is -0.493 e. The Morgan fingerprint density at radius 3 is 2.44 bits per heavy atom. The molecule has 6 nitrogen and oxygen atoms in total. The maximum Gasteiger partial charge on any atom is 0.307 e. The molecule has 5 rings (SSSR count). The number of rotatable bonds is 10. The van der Waals surface area contributed by atoms with Gasteiger partial charge in [-0.05, 0) is 53.9 Å². The van der Waals surface area contributed by atoms with E-state index in [0.717, 1.165) is 75.3 Å². The molecular weight excluding hydrogens is 474 g/mol. The monoisotopic (exact) mass is 501 g/mol. The van der Waals surface area contributed by atoms with Gasteiger partial charge in [0.05, 0.1) is 24.4 Å². The van der Waals surface area contributed by atoms with Gasteiger partial charge in [-0.25, -0.2) is 0 Å². The van der Waals surface area contributed by atoms with E-state index in [1.165, 1.54) is 0 Å². The molecule has 0 aliphatic heterocycles. The lowest BCUT2D eigenvalue weighted by Crippen LogP contribution is -2.06. The molecule has 0 aliphatic carbocycles. The van der Waals surface area contributed by atoms with Crippen molar-refractivity contribution in [3.05, 3.63) is 88.2 Å². The summed E-state index contributed by atoms with van der Waals surface area (Å²) in [5, 5.41) is 10.9. The average Bonchev–Trinajstić information content (AvgIpc) is 3.48. The SMILES string of the molecule is CCCc1c(OCCCOc2ccc(-c3sc(=O)[nH]c3O)cc2)ccc2c(-c3ccccc3)coc12. The Labute approximate surface area is 212 Å². The van der Waals surface area contributed by atoms with Gasteiger partial charge in [-0.2, -0.15) is 0 Å². The first-order valence-electron chi connectivity index (χ1n) is 12.0. The van der Waals surface area contributed by atoms with Crippen LogP contribution in [0.25, 0.3) is 32.5 Å². The van der Waals surface area contributed by atoms with Gasteiger partial charge in [-0.15, -0.1) is 0 Å². The Morgan fingerprint density at radius 2 is 1.72 bits per heavy atom. The fraction of sp³-hybridized carbons (Fsp3) is 0.207. The van der Waals surface area contributed by atoms with Crippen LogP contribution < -0.4 is 14.3 Å². The number of aryl methyl sites for hydroxylation is 1. The van der Waals surface area contributed by atoms with Crippen molar-refractivity contribution in [2.45, 2.75) is 26.2 Å². The Kier molecular flexibility index (Phi) is 7.09. The van der Waals surface area contributed by atoms with E-state index in [1.54, 1.807) is 0 Å². The first-order valence-corrected chi connectivity index (χ1v) is 12.8. The van der Waals surface area contributed by atoms with Gasteiger partial charge in [0.2, 0.25) is 5.88 Å². The van der Waals surface area contributed by atoms with Crippen LogP contribution in [0.3, 0.4) is 0 Å². The number of hydrogen-bond acceptors (Lipinski definition) is 6. The minimum atomic E-state index is -0.284. The first kappa shape index (κ1) is 23.8. The summed E-state index contributed by atoms with van der Waals surface area (Å²) in [4.78, 5) is 14.0. The fourth-order valence-corrected chi connectivity index (χ4v) is 4.98. The van der Waals surface area contributed by atoms with Crippen LogP contribution in [0.2, 0.25) is 0 Å². The molecule has 0 saturated heterocycles. The molecule has 0 radical (unpaired) electrons. The topological polar surface area (TPSA) is 84.7 Å². The smallest absolute Gasteiger partial charge is 0.307 e. The van der Waals surface area contributed by atoms with Gasteiger partial charge >= 0.3 is 4.87 Å². The zero-order valence-corrected chi connectivity index (χ0v) is 20.8. The highest BCUT2D eigenvalue weighted by atomic mass is 32.1. The van der Waals surface area contributed by atoms with Crippen molar-refractivity contribution in [3.8, 4) is 38.9 Å². The van der Waals surface area contributed by atoms with Crippen molar-refractivity contribution >= 4 is 22.3 Å². The van der Waals surface area contributed by atoms with Crippen molar-refractivity contribution in [1.82, 2.24) is 4.98 Å². The Morgan fingerprint density at radius 1 is 0.944 bits per heavy atom. The number of aromatic hydroxyl groups is 1. The number of H-pyrrole nitrogens is 1. The van der Waals surface area contributed by atoms with Gasteiger partial charge < -0.3 is 19.0 Å². The molecule has 0 spiro atoms. The lowest BCUT2D eigenvalue weighted by atomic mass is 10.0. The zero-order valence-electron chi connectivity index (χ0n) is 20.0. The van der Waals surface area contributed by atoms with Gasteiger partial charge in [0.1, 0.15) is 17.1 Å². The van der Waals surface area contributed by atoms with Crippen LogP contribution >= 0.6 is 11.3 Å². The predicted molar refractivity (Wildman–Crippen MR) is 143 cm³/mol. The predicted octanol–water partition coefficient (Wildman–Crippen LogP) is 7.02. The summed E-state index contributed by atoms with van der Waals surface area (Å²) in [7, 11) is 0. The van der Waals surface area contributed by atoms with E-state index in [0.29, 0.717) is 18.1 Å². The van der Waals surface area contributed by atoms with Crippen LogP contribution in [0, 0.1) is 0 Å². The Balaban J connectivity index is 1.20. The lowest BCUT2D eigenvalue weighted by Gasteiger charge is -2.12. The second-order valence-corrected chi connectivity index (χ2v) is 9.43. The molecule has 7 heteroatoms. The molecule has 0 unspecified atom stereocenters. The van der Waals surface area contributed by atoms with Crippen molar-refractivity contribution in [3.63, 3.8) is 0 Å². The van der Waals surface area contributed by atoms with Crippen molar-refractivity contribution in [1.29, 1.82) is 0 Å². The molecule has 36 heavy (non-hydrogen) atoms. The van der Waals surface area contributed by atoms with Crippen molar-refractivity contribution < 1.29 is 19.0 Å². The maximum absolute atomic E-state index is 11.4. The number of aromatic nitrogens is 1. The van der Waals surface area contributed by atoms with Crippen LogP contribution in [0.15, 0.2) is 82.2 Å². The van der Waals surface area contributed by atoms with Gasteiger partial charge in [0, 0.05) is 22.9 Å². The molecule has 184 valence electrons. The molecule has 5 aromatic rings. The summed E-state index contributed by atoms with van der Waals surface area (Å²) in [6.07, 6.45) is 4.43. The number of fused-ring (bicyclic) bond motifs is 1. The van der Waals surface area contributed by atoms with E-state index in [9.17, 15) is 9.90 Å².